The van der Waals surface area contributed by atoms with Gasteiger partial charge in [0.05, 0.1) is 0 Å². The highest BCUT2D eigenvalue weighted by Gasteiger charge is 2.08. The topological polar surface area (TPSA) is 68.4 Å². The van der Waals surface area contributed by atoms with Crippen molar-refractivity contribution >= 4 is 11.8 Å². The summed E-state index contributed by atoms with van der Waals surface area (Å²) >= 11 is 1.44. The number of benzene rings is 1. The van der Waals surface area contributed by atoms with E-state index in [9.17, 15) is 0 Å². The molecule has 1 N–H and O–H groups in total. The van der Waals surface area contributed by atoms with Crippen molar-refractivity contribution in [3.05, 3.63) is 35.2 Å². The van der Waals surface area contributed by atoms with Gasteiger partial charge in [-0.1, -0.05) is 23.9 Å². The Hall–Kier alpha value is -1.53. The number of aryl methyl sites for hydroxylation is 2. The van der Waals surface area contributed by atoms with Gasteiger partial charge in [0.2, 0.25) is 0 Å². The lowest BCUT2D eigenvalue weighted by atomic mass is 10.1. The zero-order valence-electron chi connectivity index (χ0n) is 11.6. The van der Waals surface area contributed by atoms with Crippen LogP contribution in [0.3, 0.4) is 0 Å². The fraction of sp³-hybridized carbons (Fsp3) is 0.429. The van der Waals surface area contributed by atoms with E-state index in [1.54, 1.807) is 0 Å². The normalized spacial score (nSPS) is 10.8. The van der Waals surface area contributed by atoms with Gasteiger partial charge in [-0.05, 0) is 37.5 Å². The maximum Gasteiger partial charge on any atom is 0.276 e. The molecule has 0 bridgehead atoms. The van der Waals surface area contributed by atoms with Gasteiger partial charge < -0.3 is 14.3 Å². The van der Waals surface area contributed by atoms with Crippen LogP contribution in [0.4, 0.5) is 0 Å². The van der Waals surface area contributed by atoms with Crippen LogP contribution in [-0.4, -0.2) is 27.7 Å². The van der Waals surface area contributed by atoms with E-state index in [1.165, 1.54) is 11.8 Å². The Bertz CT molecular complexity index is 557. The molecule has 2 aromatic rings. The molecule has 1 heterocycles. The van der Waals surface area contributed by atoms with Gasteiger partial charge in [0.25, 0.3) is 11.1 Å². The van der Waals surface area contributed by atoms with E-state index in [1.807, 2.05) is 32.0 Å². The van der Waals surface area contributed by atoms with Gasteiger partial charge in [0.1, 0.15) is 5.75 Å². The van der Waals surface area contributed by atoms with Crippen molar-refractivity contribution < 1.29 is 14.3 Å². The molecular weight excluding hydrogens is 276 g/mol. The van der Waals surface area contributed by atoms with E-state index in [0.29, 0.717) is 17.5 Å². The Morgan fingerprint density at radius 3 is 2.95 bits per heavy atom. The van der Waals surface area contributed by atoms with Crippen LogP contribution in [0, 0.1) is 13.8 Å². The summed E-state index contributed by atoms with van der Waals surface area (Å²) in [7, 11) is 0. The van der Waals surface area contributed by atoms with Crippen LogP contribution in [0.25, 0.3) is 0 Å². The number of aliphatic hydroxyl groups is 1. The molecule has 0 aliphatic heterocycles. The number of aliphatic hydroxyl groups excluding tert-OH is 1. The van der Waals surface area contributed by atoms with Crippen molar-refractivity contribution in [1.29, 1.82) is 0 Å². The first-order chi connectivity index (χ1) is 9.69. The molecule has 0 radical (unpaired) electrons. The molecule has 1 aromatic carbocycles. The average molecular weight is 294 g/mol. The lowest BCUT2D eigenvalue weighted by Crippen LogP contribution is -1.97. The van der Waals surface area contributed by atoms with E-state index < -0.39 is 0 Å². The third-order valence-electron chi connectivity index (χ3n) is 2.67. The molecule has 0 amide bonds. The molecular formula is C14H18N2O3S. The Kier molecular flexibility index (Phi) is 5.43. The quantitative estimate of drug-likeness (QED) is 0.625. The van der Waals surface area contributed by atoms with Crippen molar-refractivity contribution in [2.24, 2.45) is 0 Å². The van der Waals surface area contributed by atoms with Crippen molar-refractivity contribution in [3.63, 3.8) is 0 Å². The largest absolute Gasteiger partial charge is 0.484 e. The number of ether oxygens (including phenoxy) is 1. The molecule has 0 spiro atoms. The molecule has 108 valence electrons. The first-order valence-corrected chi connectivity index (χ1v) is 7.43. The first kappa shape index (κ1) is 14.9. The Labute approximate surface area is 122 Å². The van der Waals surface area contributed by atoms with Crippen molar-refractivity contribution in [2.45, 2.75) is 32.1 Å². The summed E-state index contributed by atoms with van der Waals surface area (Å²) in [5.74, 6) is 2.05. The van der Waals surface area contributed by atoms with Crippen LogP contribution in [0.15, 0.2) is 27.8 Å². The molecule has 0 unspecified atom stereocenters. The molecule has 6 heteroatoms. The molecule has 0 atom stereocenters. The van der Waals surface area contributed by atoms with Crippen LogP contribution in [0.5, 0.6) is 5.75 Å². The van der Waals surface area contributed by atoms with Crippen LogP contribution < -0.4 is 4.74 Å². The van der Waals surface area contributed by atoms with Gasteiger partial charge in [-0.25, -0.2) is 0 Å². The highest BCUT2D eigenvalue weighted by molar-refractivity contribution is 7.99. The maximum atomic E-state index is 8.71. The number of hydrogen-bond donors (Lipinski definition) is 1. The highest BCUT2D eigenvalue weighted by atomic mass is 32.2. The minimum atomic E-state index is 0.170. The molecule has 1 aromatic heterocycles. The second-order valence-electron chi connectivity index (χ2n) is 4.44. The number of aromatic nitrogens is 2. The number of nitrogens with zero attached hydrogens (tertiary/aromatic N) is 2. The number of rotatable bonds is 7. The molecule has 5 nitrogen and oxygen atoms in total. The Morgan fingerprint density at radius 1 is 1.30 bits per heavy atom. The predicted molar refractivity (Wildman–Crippen MR) is 77.0 cm³/mol. The third kappa shape index (κ3) is 4.25. The maximum absolute atomic E-state index is 8.71. The summed E-state index contributed by atoms with van der Waals surface area (Å²) in [6.07, 6.45) is 0.710. The van der Waals surface area contributed by atoms with Gasteiger partial charge in [-0.2, -0.15) is 0 Å². The molecule has 0 aliphatic carbocycles. The van der Waals surface area contributed by atoms with Crippen LogP contribution in [0.1, 0.15) is 23.4 Å². The summed E-state index contributed by atoms with van der Waals surface area (Å²) in [6.45, 7) is 4.45. The van der Waals surface area contributed by atoms with Gasteiger partial charge >= 0.3 is 0 Å². The van der Waals surface area contributed by atoms with E-state index in [2.05, 4.69) is 10.2 Å². The summed E-state index contributed by atoms with van der Waals surface area (Å²) in [5, 5.41) is 17.1. The summed E-state index contributed by atoms with van der Waals surface area (Å²) in [4.78, 5) is 0. The lowest BCUT2D eigenvalue weighted by Gasteiger charge is -2.07. The van der Waals surface area contributed by atoms with E-state index in [4.69, 9.17) is 14.3 Å². The third-order valence-corrected chi connectivity index (χ3v) is 3.58. The fourth-order valence-electron chi connectivity index (χ4n) is 1.58. The minimum absolute atomic E-state index is 0.170. The molecule has 2 rings (SSSR count). The molecule has 0 saturated heterocycles. The zero-order valence-corrected chi connectivity index (χ0v) is 12.4. The molecule has 0 fully saturated rings. The first-order valence-electron chi connectivity index (χ1n) is 6.45. The van der Waals surface area contributed by atoms with Crippen molar-refractivity contribution in [2.75, 3.05) is 12.4 Å². The van der Waals surface area contributed by atoms with E-state index in [-0.39, 0.29) is 13.2 Å². The van der Waals surface area contributed by atoms with Gasteiger partial charge in [-0.15, -0.1) is 10.2 Å². The number of hydrogen-bond acceptors (Lipinski definition) is 6. The standard InChI is InChI=1S/C14H18N2O3S/c1-10-4-5-11(2)12(8-10)18-9-13-15-16-14(19-13)20-7-3-6-17/h4-5,8,17H,3,6-7,9H2,1-2H3. The smallest absolute Gasteiger partial charge is 0.276 e. The average Bonchev–Trinajstić information content (AvgIpc) is 2.88. The van der Waals surface area contributed by atoms with Crippen molar-refractivity contribution in [3.8, 4) is 5.75 Å². The summed E-state index contributed by atoms with van der Waals surface area (Å²) in [5.41, 5.74) is 2.23. The van der Waals surface area contributed by atoms with Gasteiger partial charge in [-0.3, -0.25) is 0 Å². The molecule has 20 heavy (non-hydrogen) atoms. The molecule has 0 saturated carbocycles. The highest BCUT2D eigenvalue weighted by Crippen LogP contribution is 2.21. The van der Waals surface area contributed by atoms with E-state index >= 15 is 0 Å². The van der Waals surface area contributed by atoms with Crippen molar-refractivity contribution in [1.82, 2.24) is 10.2 Å². The second-order valence-corrected chi connectivity index (χ2v) is 5.49. The zero-order chi connectivity index (χ0) is 14.4. The monoisotopic (exact) mass is 294 g/mol. The van der Waals surface area contributed by atoms with Crippen LogP contribution >= 0.6 is 11.8 Å². The summed E-state index contributed by atoms with van der Waals surface area (Å²) in [6, 6.07) is 6.06. The van der Waals surface area contributed by atoms with Crippen LogP contribution in [-0.2, 0) is 6.61 Å². The molecule has 0 aliphatic rings. The second kappa shape index (κ2) is 7.31. The minimum Gasteiger partial charge on any atom is -0.484 e. The SMILES string of the molecule is Cc1ccc(C)c(OCc2nnc(SCCCO)o2)c1. The fourth-order valence-corrected chi connectivity index (χ4v) is 2.28. The Morgan fingerprint density at radius 2 is 2.15 bits per heavy atom. The van der Waals surface area contributed by atoms with Gasteiger partial charge in [0.15, 0.2) is 6.61 Å². The number of thioether (sulfide) groups is 1. The lowest BCUT2D eigenvalue weighted by molar-refractivity contribution is 0.250. The van der Waals surface area contributed by atoms with Gasteiger partial charge in [0, 0.05) is 12.4 Å². The summed E-state index contributed by atoms with van der Waals surface area (Å²) < 4.78 is 11.2. The Balaban J connectivity index is 1.89. The predicted octanol–water partition coefficient (Wildman–Crippen LogP) is 2.74. The van der Waals surface area contributed by atoms with E-state index in [0.717, 1.165) is 22.6 Å². The van der Waals surface area contributed by atoms with Crippen LogP contribution in [0.2, 0.25) is 0 Å².